The predicted octanol–water partition coefficient (Wildman–Crippen LogP) is 10.6. The first-order chi connectivity index (χ1) is 28.4. The third kappa shape index (κ3) is 6.92. The Morgan fingerprint density at radius 2 is 0.862 bits per heavy atom. The molecule has 0 fully saturated rings. The smallest absolute Gasteiger partial charge is 0.343 e. The van der Waals surface area contributed by atoms with Crippen LogP contribution in [0.1, 0.15) is 39.5 Å². The number of rotatable bonds is 6. The highest BCUT2D eigenvalue weighted by atomic mass is 16.4. The van der Waals surface area contributed by atoms with Crippen LogP contribution in [-0.4, -0.2) is 42.1 Å². The van der Waals surface area contributed by atoms with Crippen molar-refractivity contribution in [1.82, 2.24) is 19.9 Å². The number of carboxylic acids is 2. The van der Waals surface area contributed by atoms with E-state index in [1.807, 2.05) is 78.9 Å². The van der Waals surface area contributed by atoms with Crippen molar-refractivity contribution in [2.75, 3.05) is 0 Å². The molecule has 9 rings (SSSR count). The van der Waals surface area contributed by atoms with Gasteiger partial charge in [0.15, 0.2) is 0 Å². The number of nitrogens with one attached hydrogen (secondary N) is 2. The van der Waals surface area contributed by atoms with Crippen LogP contribution in [-0.2, 0) is 9.59 Å². The van der Waals surface area contributed by atoms with Crippen molar-refractivity contribution < 1.29 is 19.8 Å². The molecule has 8 bridgehead atoms. The van der Waals surface area contributed by atoms with E-state index in [4.69, 9.17) is 9.97 Å². The summed E-state index contributed by atoms with van der Waals surface area (Å²) in [6.45, 7) is 0. The lowest BCUT2D eigenvalue weighted by Crippen LogP contribution is -2.10. The van der Waals surface area contributed by atoms with Gasteiger partial charge in [-0.3, -0.25) is 0 Å². The van der Waals surface area contributed by atoms with Gasteiger partial charge in [-0.25, -0.2) is 19.6 Å². The molecule has 0 atom stereocenters. The highest BCUT2D eigenvalue weighted by Crippen LogP contribution is 2.36. The Kier molecular flexibility index (Phi) is 9.22. The zero-order valence-corrected chi connectivity index (χ0v) is 30.8. The number of hydrogen-bond acceptors (Lipinski definition) is 4. The lowest BCUT2D eigenvalue weighted by molar-refractivity contribution is -0.140. The number of aliphatic carboxylic acids is 2. The van der Waals surface area contributed by atoms with E-state index < -0.39 is 17.5 Å². The maximum Gasteiger partial charge on any atom is 0.343 e. The van der Waals surface area contributed by atoms with Crippen molar-refractivity contribution in [2.24, 2.45) is 0 Å². The van der Waals surface area contributed by atoms with Gasteiger partial charge in [0.1, 0.15) is 5.57 Å². The van der Waals surface area contributed by atoms with E-state index in [1.165, 1.54) is 0 Å². The van der Waals surface area contributed by atoms with Crippen LogP contribution < -0.4 is 0 Å². The van der Waals surface area contributed by atoms with Crippen LogP contribution in [0.5, 0.6) is 0 Å². The molecule has 4 N–H and O–H groups in total. The number of hydrogen-bond donors (Lipinski definition) is 4. The number of aromatic amines is 2. The van der Waals surface area contributed by atoms with Crippen LogP contribution in [0.25, 0.3) is 85.8 Å². The van der Waals surface area contributed by atoms with Crippen molar-refractivity contribution in [3.05, 3.63) is 185 Å². The molecular weight excluding hydrogens is 721 g/mol. The first-order valence-electron chi connectivity index (χ1n) is 18.5. The van der Waals surface area contributed by atoms with Gasteiger partial charge in [0, 0.05) is 38.8 Å². The Bertz CT molecular complexity index is 3040. The van der Waals surface area contributed by atoms with Crippen LogP contribution in [0, 0.1) is 11.8 Å². The van der Waals surface area contributed by atoms with Crippen LogP contribution >= 0.6 is 0 Å². The van der Waals surface area contributed by atoms with Crippen LogP contribution in [0.4, 0.5) is 0 Å². The number of carbonyl (C=O) groups is 2. The summed E-state index contributed by atoms with van der Waals surface area (Å²) in [5.74, 6) is 3.62. The molecule has 0 spiro atoms. The Morgan fingerprint density at radius 1 is 0.466 bits per heavy atom. The van der Waals surface area contributed by atoms with Gasteiger partial charge < -0.3 is 20.2 Å². The van der Waals surface area contributed by atoms with Crippen molar-refractivity contribution in [3.8, 4) is 45.2 Å². The molecular formula is C50H32N4O4. The summed E-state index contributed by atoms with van der Waals surface area (Å²) in [6, 6.07) is 45.6. The third-order valence-corrected chi connectivity index (χ3v) is 9.96. The molecule has 4 aromatic carbocycles. The molecule has 0 saturated carbocycles. The molecule has 2 aliphatic heterocycles. The number of aromatic nitrogens is 4. The van der Waals surface area contributed by atoms with Crippen molar-refractivity contribution in [2.45, 2.75) is 0 Å². The van der Waals surface area contributed by atoms with E-state index in [0.717, 1.165) is 78.6 Å². The molecule has 58 heavy (non-hydrogen) atoms. The number of benzene rings is 4. The van der Waals surface area contributed by atoms with Gasteiger partial charge in [0.2, 0.25) is 0 Å². The van der Waals surface area contributed by atoms with E-state index in [9.17, 15) is 19.8 Å². The summed E-state index contributed by atoms with van der Waals surface area (Å²) in [4.78, 5) is 40.8. The highest BCUT2D eigenvalue weighted by molar-refractivity contribution is 6.16. The van der Waals surface area contributed by atoms with Gasteiger partial charge in [-0.15, -0.1) is 0 Å². The van der Waals surface area contributed by atoms with Crippen LogP contribution in [0.2, 0.25) is 0 Å². The third-order valence-electron chi connectivity index (χ3n) is 9.96. The minimum Gasteiger partial charge on any atom is -0.477 e. The average Bonchev–Trinajstić information content (AvgIpc) is 4.09. The SMILES string of the molecule is O=C(O)C(=Cc1ccc(C#Cc2c3nc(c(-c4ccccc4)c4ccc([nH]4)c(-c4ccccc4)c4nc(c(-c5ccccc5)c5ccc2[nH]5)C=C4)C=C3)cc1)C(=O)O. The van der Waals surface area contributed by atoms with E-state index in [2.05, 4.69) is 82.5 Å². The maximum atomic E-state index is 11.4. The molecule has 0 amide bonds. The fourth-order valence-electron chi connectivity index (χ4n) is 7.24. The molecule has 276 valence electrons. The zero-order valence-electron chi connectivity index (χ0n) is 30.8. The summed E-state index contributed by atoms with van der Waals surface area (Å²) in [7, 11) is 0. The zero-order chi connectivity index (χ0) is 39.6. The monoisotopic (exact) mass is 752 g/mol. The number of H-pyrrole nitrogens is 2. The number of fused-ring (bicyclic) bond motifs is 8. The standard InChI is InChI=1S/C50H32N4O4/c55-49(56)37(50(57)58)30-32-18-16-31(17-19-32)20-21-36-38-22-24-40(51-38)46(33-10-4-1-5-11-33)42-26-28-44(53-42)48(35-14-8-3-9-15-35)45-29-27-43(54-45)47(34-12-6-2-7-13-34)41-25-23-39(36)52-41/h1-19,22-30,51,54H,(H,55,56)(H,57,58). The molecule has 3 aromatic heterocycles. The molecule has 0 saturated heterocycles. The van der Waals surface area contributed by atoms with E-state index in [-0.39, 0.29) is 0 Å². The molecule has 5 heterocycles. The first-order valence-corrected chi connectivity index (χ1v) is 18.5. The van der Waals surface area contributed by atoms with Gasteiger partial charge in [-0.1, -0.05) is 115 Å². The lowest BCUT2D eigenvalue weighted by atomic mass is 10.0. The Morgan fingerprint density at radius 3 is 1.31 bits per heavy atom. The summed E-state index contributed by atoms with van der Waals surface area (Å²) < 4.78 is 0. The Hall–Kier alpha value is -8.28. The van der Waals surface area contributed by atoms with Crippen molar-refractivity contribution in [1.29, 1.82) is 0 Å². The molecule has 7 aromatic rings. The van der Waals surface area contributed by atoms with Gasteiger partial charge in [0.05, 0.1) is 33.9 Å². The second-order valence-corrected chi connectivity index (χ2v) is 13.6. The maximum absolute atomic E-state index is 11.4. The first kappa shape index (κ1) is 35.4. The summed E-state index contributed by atoms with van der Waals surface area (Å²) in [6.07, 6.45) is 9.25. The fourth-order valence-corrected chi connectivity index (χ4v) is 7.24. The molecule has 2 aliphatic rings. The van der Waals surface area contributed by atoms with E-state index in [1.54, 1.807) is 24.3 Å². The molecule has 0 unspecified atom stereocenters. The summed E-state index contributed by atoms with van der Waals surface area (Å²) in [5.41, 5.74) is 13.4. The minimum absolute atomic E-state index is 0.428. The predicted molar refractivity (Wildman–Crippen MR) is 231 cm³/mol. The van der Waals surface area contributed by atoms with Gasteiger partial charge >= 0.3 is 11.9 Å². The number of nitrogens with zero attached hydrogens (tertiary/aromatic N) is 2. The molecule has 8 heteroatoms. The molecule has 8 nitrogen and oxygen atoms in total. The largest absolute Gasteiger partial charge is 0.477 e. The summed E-state index contributed by atoms with van der Waals surface area (Å²) >= 11 is 0. The second-order valence-electron chi connectivity index (χ2n) is 13.6. The van der Waals surface area contributed by atoms with Gasteiger partial charge in [-0.2, -0.15) is 0 Å². The van der Waals surface area contributed by atoms with E-state index in [0.29, 0.717) is 22.4 Å². The van der Waals surface area contributed by atoms with Crippen molar-refractivity contribution >= 4 is 64.4 Å². The topological polar surface area (TPSA) is 132 Å². The molecule has 0 radical (unpaired) electrons. The lowest BCUT2D eigenvalue weighted by Gasteiger charge is -2.06. The Labute approximate surface area is 332 Å². The summed E-state index contributed by atoms with van der Waals surface area (Å²) in [5, 5.41) is 18.6. The van der Waals surface area contributed by atoms with E-state index >= 15 is 0 Å². The average molecular weight is 753 g/mol. The van der Waals surface area contributed by atoms with Gasteiger partial charge in [0.25, 0.3) is 0 Å². The minimum atomic E-state index is -1.51. The van der Waals surface area contributed by atoms with Crippen LogP contribution in [0.3, 0.4) is 0 Å². The van der Waals surface area contributed by atoms with Crippen molar-refractivity contribution in [3.63, 3.8) is 0 Å². The second kappa shape index (κ2) is 15.1. The quantitative estimate of drug-likeness (QED) is 0.0579. The normalized spacial score (nSPS) is 11.4. The fraction of sp³-hybridized carbons (Fsp3) is 0. The van der Waals surface area contributed by atoms with Crippen LogP contribution in [0.15, 0.2) is 145 Å². The van der Waals surface area contributed by atoms with Gasteiger partial charge in [-0.05, 0) is 89.0 Å². The molecule has 0 aliphatic carbocycles. The number of carboxylic acid groups (broad SMARTS) is 2. The highest BCUT2D eigenvalue weighted by Gasteiger charge is 2.18. The Balaban J connectivity index is 1.34.